The maximum atomic E-state index is 11.4. The average molecular weight is 208 g/mol. The van der Waals surface area contributed by atoms with Crippen molar-refractivity contribution in [2.75, 3.05) is 32.1 Å². The van der Waals surface area contributed by atoms with Crippen molar-refractivity contribution >= 4 is 5.95 Å². The zero-order valence-electron chi connectivity index (χ0n) is 9.08. The van der Waals surface area contributed by atoms with Crippen molar-refractivity contribution in [1.29, 1.82) is 0 Å². The second kappa shape index (κ2) is 4.02. The van der Waals surface area contributed by atoms with Gasteiger partial charge in [-0.1, -0.05) is 0 Å². The minimum absolute atomic E-state index is 0.0735. The smallest absolute Gasteiger partial charge is 0.252 e. The molecule has 0 aliphatic carbocycles. The number of nitrogens with zero attached hydrogens (tertiary/aromatic N) is 2. The first kappa shape index (κ1) is 10.2. The van der Waals surface area contributed by atoms with Crippen LogP contribution in [0.5, 0.6) is 0 Å². The SMILES string of the molecule is CN(C)c1nc(C2CCNC2)cc(=O)[nH]1. The zero-order chi connectivity index (χ0) is 10.8. The van der Waals surface area contributed by atoms with Gasteiger partial charge in [0.15, 0.2) is 0 Å². The van der Waals surface area contributed by atoms with Crippen molar-refractivity contribution in [2.24, 2.45) is 0 Å². The van der Waals surface area contributed by atoms with Crippen molar-refractivity contribution in [3.8, 4) is 0 Å². The molecule has 5 nitrogen and oxygen atoms in total. The van der Waals surface area contributed by atoms with Crippen LogP contribution in [-0.4, -0.2) is 37.2 Å². The van der Waals surface area contributed by atoms with Gasteiger partial charge in [0.1, 0.15) is 0 Å². The first-order valence-corrected chi connectivity index (χ1v) is 5.16. The summed E-state index contributed by atoms with van der Waals surface area (Å²) < 4.78 is 0. The summed E-state index contributed by atoms with van der Waals surface area (Å²) in [7, 11) is 3.74. The summed E-state index contributed by atoms with van der Waals surface area (Å²) in [6, 6.07) is 1.60. The van der Waals surface area contributed by atoms with Crippen LogP contribution in [0.15, 0.2) is 10.9 Å². The Kier molecular flexibility index (Phi) is 2.73. The van der Waals surface area contributed by atoms with E-state index in [-0.39, 0.29) is 5.56 Å². The van der Waals surface area contributed by atoms with E-state index < -0.39 is 0 Å². The molecule has 15 heavy (non-hydrogen) atoms. The highest BCUT2D eigenvalue weighted by molar-refractivity contribution is 5.28. The van der Waals surface area contributed by atoms with E-state index in [0.29, 0.717) is 11.9 Å². The monoisotopic (exact) mass is 208 g/mol. The Bertz CT molecular complexity index is 393. The van der Waals surface area contributed by atoms with Crippen molar-refractivity contribution < 1.29 is 0 Å². The van der Waals surface area contributed by atoms with Gasteiger partial charge in [-0.3, -0.25) is 9.78 Å². The van der Waals surface area contributed by atoms with Gasteiger partial charge in [0.25, 0.3) is 5.56 Å². The second-order valence-corrected chi connectivity index (χ2v) is 4.08. The lowest BCUT2D eigenvalue weighted by molar-refractivity contribution is 0.725. The fourth-order valence-corrected chi connectivity index (χ4v) is 1.79. The summed E-state index contributed by atoms with van der Waals surface area (Å²) in [5.74, 6) is 1.01. The molecule has 1 saturated heterocycles. The van der Waals surface area contributed by atoms with E-state index in [2.05, 4.69) is 15.3 Å². The zero-order valence-corrected chi connectivity index (χ0v) is 9.08. The normalized spacial score (nSPS) is 20.5. The topological polar surface area (TPSA) is 61.0 Å². The number of rotatable bonds is 2. The van der Waals surface area contributed by atoms with Crippen molar-refractivity contribution in [1.82, 2.24) is 15.3 Å². The third-order valence-corrected chi connectivity index (χ3v) is 2.65. The predicted molar refractivity (Wildman–Crippen MR) is 59.4 cm³/mol. The maximum absolute atomic E-state index is 11.4. The molecule has 1 aliphatic rings. The Labute approximate surface area is 88.5 Å². The molecule has 0 aromatic carbocycles. The largest absolute Gasteiger partial charge is 0.348 e. The number of hydrogen-bond acceptors (Lipinski definition) is 4. The van der Waals surface area contributed by atoms with Crippen LogP contribution in [0.2, 0.25) is 0 Å². The molecule has 2 rings (SSSR count). The average Bonchev–Trinajstić information content (AvgIpc) is 2.69. The molecular formula is C10H16N4O. The lowest BCUT2D eigenvalue weighted by Crippen LogP contribution is -2.21. The molecule has 5 heteroatoms. The molecular weight excluding hydrogens is 192 g/mol. The van der Waals surface area contributed by atoms with Crippen molar-refractivity contribution in [3.63, 3.8) is 0 Å². The maximum Gasteiger partial charge on any atom is 0.252 e. The van der Waals surface area contributed by atoms with E-state index in [4.69, 9.17) is 0 Å². The summed E-state index contributed by atoms with van der Waals surface area (Å²) in [5, 5.41) is 3.27. The molecule has 0 amide bonds. The number of anilines is 1. The molecule has 0 bridgehead atoms. The molecule has 1 fully saturated rings. The van der Waals surface area contributed by atoms with Gasteiger partial charge in [0.2, 0.25) is 5.95 Å². The Morgan fingerprint density at radius 2 is 2.33 bits per heavy atom. The van der Waals surface area contributed by atoms with Gasteiger partial charge < -0.3 is 10.2 Å². The number of nitrogens with one attached hydrogen (secondary N) is 2. The summed E-state index contributed by atoms with van der Waals surface area (Å²) in [4.78, 5) is 20.4. The molecule has 2 N–H and O–H groups in total. The minimum Gasteiger partial charge on any atom is -0.348 e. The Morgan fingerprint density at radius 1 is 1.53 bits per heavy atom. The van der Waals surface area contributed by atoms with Gasteiger partial charge in [-0.25, -0.2) is 4.98 Å². The Balaban J connectivity index is 2.34. The van der Waals surface area contributed by atoms with Gasteiger partial charge in [-0.15, -0.1) is 0 Å². The molecule has 0 radical (unpaired) electrons. The Morgan fingerprint density at radius 3 is 2.93 bits per heavy atom. The van der Waals surface area contributed by atoms with Crippen LogP contribution in [-0.2, 0) is 0 Å². The fraction of sp³-hybridized carbons (Fsp3) is 0.600. The molecule has 82 valence electrons. The third-order valence-electron chi connectivity index (χ3n) is 2.65. The molecule has 1 aliphatic heterocycles. The van der Waals surface area contributed by atoms with Crippen LogP contribution in [0.4, 0.5) is 5.95 Å². The molecule has 1 unspecified atom stereocenters. The molecule has 0 spiro atoms. The van der Waals surface area contributed by atoms with Crippen LogP contribution in [0.3, 0.4) is 0 Å². The van der Waals surface area contributed by atoms with E-state index in [9.17, 15) is 4.79 Å². The lowest BCUT2D eigenvalue weighted by atomic mass is 10.1. The molecule has 1 aromatic heterocycles. The number of aromatic nitrogens is 2. The summed E-state index contributed by atoms with van der Waals surface area (Å²) in [6.45, 7) is 1.93. The van der Waals surface area contributed by atoms with Crippen LogP contribution < -0.4 is 15.8 Å². The highest BCUT2D eigenvalue weighted by Crippen LogP contribution is 2.19. The molecule has 2 heterocycles. The van der Waals surface area contributed by atoms with E-state index in [1.54, 1.807) is 6.07 Å². The van der Waals surface area contributed by atoms with E-state index in [1.807, 2.05) is 19.0 Å². The highest BCUT2D eigenvalue weighted by Gasteiger charge is 2.19. The van der Waals surface area contributed by atoms with Crippen LogP contribution in [0.1, 0.15) is 18.0 Å². The van der Waals surface area contributed by atoms with E-state index in [0.717, 1.165) is 25.2 Å². The summed E-state index contributed by atoms with van der Waals surface area (Å²) >= 11 is 0. The van der Waals surface area contributed by atoms with Gasteiger partial charge in [-0.05, 0) is 13.0 Å². The van der Waals surface area contributed by atoms with Crippen LogP contribution in [0, 0.1) is 0 Å². The Hall–Kier alpha value is -1.36. The lowest BCUT2D eigenvalue weighted by Gasteiger charge is -2.13. The number of hydrogen-bond donors (Lipinski definition) is 2. The molecule has 0 saturated carbocycles. The van der Waals surface area contributed by atoms with Crippen LogP contribution in [0.25, 0.3) is 0 Å². The van der Waals surface area contributed by atoms with Gasteiger partial charge in [0.05, 0.1) is 5.69 Å². The van der Waals surface area contributed by atoms with Gasteiger partial charge in [0, 0.05) is 32.6 Å². The predicted octanol–water partition coefficient (Wildman–Crippen LogP) is -0.0872. The highest BCUT2D eigenvalue weighted by atomic mass is 16.1. The second-order valence-electron chi connectivity index (χ2n) is 4.08. The minimum atomic E-state index is -0.0735. The summed E-state index contributed by atoms with van der Waals surface area (Å²) in [6.07, 6.45) is 1.06. The third kappa shape index (κ3) is 2.18. The summed E-state index contributed by atoms with van der Waals surface area (Å²) in [5.41, 5.74) is 0.822. The molecule has 1 atom stereocenters. The quantitative estimate of drug-likeness (QED) is 0.713. The first-order valence-electron chi connectivity index (χ1n) is 5.16. The van der Waals surface area contributed by atoms with Crippen molar-refractivity contribution in [2.45, 2.75) is 12.3 Å². The number of aromatic amines is 1. The fourth-order valence-electron chi connectivity index (χ4n) is 1.79. The van der Waals surface area contributed by atoms with E-state index >= 15 is 0 Å². The van der Waals surface area contributed by atoms with Crippen molar-refractivity contribution in [3.05, 3.63) is 22.1 Å². The first-order chi connectivity index (χ1) is 7.16. The van der Waals surface area contributed by atoms with Gasteiger partial charge >= 0.3 is 0 Å². The van der Waals surface area contributed by atoms with Gasteiger partial charge in [-0.2, -0.15) is 0 Å². The molecule has 1 aromatic rings. The van der Waals surface area contributed by atoms with Crippen LogP contribution >= 0.6 is 0 Å². The number of H-pyrrole nitrogens is 1. The van der Waals surface area contributed by atoms with E-state index in [1.165, 1.54) is 0 Å². The standard InChI is InChI=1S/C10H16N4O/c1-14(2)10-12-8(5-9(15)13-10)7-3-4-11-6-7/h5,7,11H,3-4,6H2,1-2H3,(H,12,13,15).